The molecule has 0 bridgehead atoms. The lowest BCUT2D eigenvalue weighted by molar-refractivity contribution is 0.669. The molecule has 318 valence electrons. The third-order valence-corrected chi connectivity index (χ3v) is 14.6. The smallest absolute Gasteiger partial charge is 0.164 e. The monoisotopic (exact) mass is 886 g/mol. The normalized spacial score (nSPS) is 13.1. The number of benzene rings is 9. The van der Waals surface area contributed by atoms with Crippen LogP contribution in [-0.4, -0.2) is 19.5 Å². The summed E-state index contributed by atoms with van der Waals surface area (Å²) in [5, 5.41) is 9.63. The van der Waals surface area contributed by atoms with E-state index in [-0.39, 0.29) is 0 Å². The van der Waals surface area contributed by atoms with Crippen molar-refractivity contribution in [1.82, 2.24) is 19.5 Å². The Kier molecular flexibility index (Phi) is 8.76. The molecular formula is C62H38N4OS. The summed E-state index contributed by atoms with van der Waals surface area (Å²) in [4.78, 5) is 15.5. The van der Waals surface area contributed by atoms with Crippen LogP contribution in [0.1, 0.15) is 17.5 Å². The topological polar surface area (TPSA) is 56.7 Å². The maximum Gasteiger partial charge on any atom is 0.164 e. The molecule has 13 aromatic rings. The quantitative estimate of drug-likeness (QED) is 0.167. The number of thiophene rings is 1. The van der Waals surface area contributed by atoms with E-state index in [1.165, 1.54) is 52.9 Å². The molecule has 68 heavy (non-hydrogen) atoms. The molecule has 0 spiro atoms. The van der Waals surface area contributed by atoms with Crippen LogP contribution >= 0.6 is 11.3 Å². The second-order valence-corrected chi connectivity index (χ2v) is 18.5. The first-order valence-electron chi connectivity index (χ1n) is 23.0. The first-order chi connectivity index (χ1) is 33.7. The number of fused-ring (bicyclic) bond motifs is 11. The van der Waals surface area contributed by atoms with Crippen LogP contribution in [0.2, 0.25) is 0 Å². The van der Waals surface area contributed by atoms with Crippen molar-refractivity contribution in [1.29, 1.82) is 0 Å². The van der Waals surface area contributed by atoms with Crippen LogP contribution in [0.15, 0.2) is 223 Å². The van der Waals surface area contributed by atoms with E-state index in [9.17, 15) is 0 Å². The number of hydrogen-bond acceptors (Lipinski definition) is 5. The number of nitrogens with zero attached hydrogens (tertiary/aromatic N) is 4. The molecule has 0 amide bonds. The molecule has 0 radical (unpaired) electrons. The number of furan rings is 1. The zero-order chi connectivity index (χ0) is 44.7. The summed E-state index contributed by atoms with van der Waals surface area (Å²) >= 11 is 1.86. The summed E-state index contributed by atoms with van der Waals surface area (Å²) in [6.45, 7) is 0. The van der Waals surface area contributed by atoms with E-state index >= 15 is 0 Å². The van der Waals surface area contributed by atoms with Crippen LogP contribution in [0, 0.1) is 0 Å². The molecule has 0 saturated heterocycles. The second-order valence-electron chi connectivity index (χ2n) is 17.5. The predicted octanol–water partition coefficient (Wildman–Crippen LogP) is 16.8. The molecule has 0 fully saturated rings. The van der Waals surface area contributed by atoms with E-state index in [1.54, 1.807) is 0 Å². The van der Waals surface area contributed by atoms with Gasteiger partial charge in [0.2, 0.25) is 0 Å². The van der Waals surface area contributed by atoms with Gasteiger partial charge in [-0.25, -0.2) is 15.0 Å². The Bertz CT molecular complexity index is 4300. The molecule has 14 rings (SSSR count). The fraction of sp³-hybridized carbons (Fsp3) is 0.0161. The van der Waals surface area contributed by atoms with Crippen molar-refractivity contribution in [2.45, 2.75) is 6.42 Å². The Morgan fingerprint density at radius 2 is 1.13 bits per heavy atom. The number of hydrogen-bond donors (Lipinski definition) is 0. The molecule has 1 aliphatic rings. The molecule has 6 heteroatoms. The average Bonchev–Trinajstić information content (AvgIpc) is 4.01. The van der Waals surface area contributed by atoms with E-state index in [0.29, 0.717) is 17.5 Å². The Morgan fingerprint density at radius 3 is 2.03 bits per heavy atom. The number of rotatable bonds is 6. The highest BCUT2D eigenvalue weighted by Crippen LogP contribution is 2.43. The van der Waals surface area contributed by atoms with Crippen LogP contribution in [0.4, 0.5) is 0 Å². The van der Waals surface area contributed by atoms with E-state index < -0.39 is 0 Å². The highest BCUT2D eigenvalue weighted by Gasteiger charge is 2.21. The van der Waals surface area contributed by atoms with Crippen molar-refractivity contribution in [2.75, 3.05) is 0 Å². The lowest BCUT2D eigenvalue weighted by Gasteiger charge is -2.14. The summed E-state index contributed by atoms with van der Waals surface area (Å²) in [6.07, 6.45) is 10.2. The van der Waals surface area contributed by atoms with Gasteiger partial charge in [0.25, 0.3) is 0 Å². The summed E-state index contributed by atoms with van der Waals surface area (Å²) < 4.78 is 11.4. The molecular weight excluding hydrogens is 849 g/mol. The van der Waals surface area contributed by atoms with Crippen molar-refractivity contribution < 1.29 is 4.42 Å². The summed E-state index contributed by atoms with van der Waals surface area (Å²) in [5.41, 5.74) is 12.4. The molecule has 0 saturated carbocycles. The van der Waals surface area contributed by atoms with Gasteiger partial charge >= 0.3 is 0 Å². The minimum atomic E-state index is 0.578. The van der Waals surface area contributed by atoms with Gasteiger partial charge in [0.1, 0.15) is 11.2 Å². The lowest BCUT2D eigenvalue weighted by atomic mass is 9.96. The second kappa shape index (κ2) is 15.4. The summed E-state index contributed by atoms with van der Waals surface area (Å²) in [6, 6.07) is 68.8. The van der Waals surface area contributed by atoms with E-state index in [2.05, 4.69) is 168 Å². The molecule has 0 aliphatic heterocycles. The Labute approximate surface area is 394 Å². The molecule has 0 unspecified atom stereocenters. The standard InChI is InChI=1S/C62H38N4OS/c1-2-15-39(16-3-1)60-63-61(65-62(64-60)44-29-31-49-48-22-8-10-26-54(48)67-55(49)36-44)43-19-12-20-45(35-43)66-53-33-30-38-14-6-7-21-46(38)58(53)52-25-13-24-47(59(52)66)42-18-5-4-17-40(34-42)41-28-32-51-50-23-9-11-27-56(50)68-57(51)37-41/h1-3,5-37H,4H2. The van der Waals surface area contributed by atoms with Gasteiger partial charge in [-0.15, -0.1) is 11.3 Å². The van der Waals surface area contributed by atoms with Gasteiger partial charge < -0.3 is 8.98 Å². The first kappa shape index (κ1) is 38.5. The van der Waals surface area contributed by atoms with E-state index in [4.69, 9.17) is 19.4 Å². The van der Waals surface area contributed by atoms with Crippen LogP contribution in [-0.2, 0) is 0 Å². The maximum absolute atomic E-state index is 6.33. The molecule has 1 aliphatic carbocycles. The van der Waals surface area contributed by atoms with Crippen LogP contribution < -0.4 is 0 Å². The number of para-hydroxylation sites is 2. The highest BCUT2D eigenvalue weighted by atomic mass is 32.1. The number of allylic oxidation sites excluding steroid dienone is 6. The highest BCUT2D eigenvalue weighted by molar-refractivity contribution is 7.25. The average molecular weight is 887 g/mol. The summed E-state index contributed by atoms with van der Waals surface area (Å²) in [5.74, 6) is 1.77. The largest absolute Gasteiger partial charge is 0.456 e. The first-order valence-corrected chi connectivity index (χ1v) is 23.8. The lowest BCUT2D eigenvalue weighted by Crippen LogP contribution is -2.01. The molecule has 0 atom stereocenters. The molecule has 4 aromatic heterocycles. The van der Waals surface area contributed by atoms with Crippen molar-refractivity contribution in [2.24, 2.45) is 0 Å². The van der Waals surface area contributed by atoms with Crippen molar-refractivity contribution >= 4 is 97.2 Å². The predicted molar refractivity (Wildman–Crippen MR) is 284 cm³/mol. The Hall–Kier alpha value is -8.71. The van der Waals surface area contributed by atoms with Gasteiger partial charge in [-0.2, -0.15) is 0 Å². The molecule has 0 N–H and O–H groups in total. The van der Waals surface area contributed by atoms with E-state index in [1.807, 2.05) is 65.9 Å². The maximum atomic E-state index is 6.33. The molecule has 4 heterocycles. The molecule has 9 aromatic carbocycles. The molecule has 5 nitrogen and oxygen atoms in total. The minimum Gasteiger partial charge on any atom is -0.456 e. The third-order valence-electron chi connectivity index (χ3n) is 13.4. The van der Waals surface area contributed by atoms with Gasteiger partial charge in [-0.05, 0) is 88.5 Å². The minimum absolute atomic E-state index is 0.578. The van der Waals surface area contributed by atoms with Crippen molar-refractivity contribution in [3.05, 3.63) is 230 Å². The fourth-order valence-corrected chi connectivity index (χ4v) is 11.4. The number of aromatic nitrogens is 4. The van der Waals surface area contributed by atoms with Gasteiger partial charge in [-0.3, -0.25) is 0 Å². The van der Waals surface area contributed by atoms with Crippen LogP contribution in [0.3, 0.4) is 0 Å². The van der Waals surface area contributed by atoms with Crippen molar-refractivity contribution in [3.8, 4) is 39.9 Å². The van der Waals surface area contributed by atoms with Gasteiger partial charge in [0.05, 0.1) is 11.0 Å². The van der Waals surface area contributed by atoms with Gasteiger partial charge in [-0.1, -0.05) is 164 Å². The third kappa shape index (κ3) is 6.26. The van der Waals surface area contributed by atoms with Gasteiger partial charge in [0, 0.05) is 69.7 Å². The SMILES string of the molecule is C1=CC(c2cccc3c4c5ccccc5ccc4n(-c4cccc(-c5nc(-c6ccccc6)nc(-c6ccc7c(c6)oc6ccccc67)n5)c4)c23)=CC(c2ccc3c(c2)sc2ccccc23)=CC1. The zero-order valence-electron chi connectivity index (χ0n) is 36.6. The van der Waals surface area contributed by atoms with E-state index in [0.717, 1.165) is 72.9 Å². The Morgan fingerprint density at radius 1 is 0.456 bits per heavy atom. The van der Waals surface area contributed by atoms with Crippen LogP contribution in [0.5, 0.6) is 0 Å². The van der Waals surface area contributed by atoms with Gasteiger partial charge in [0.15, 0.2) is 17.5 Å². The fourth-order valence-electron chi connectivity index (χ4n) is 10.3. The van der Waals surface area contributed by atoms with Crippen LogP contribution in [0.25, 0.3) is 126 Å². The summed E-state index contributed by atoms with van der Waals surface area (Å²) in [7, 11) is 0. The van der Waals surface area contributed by atoms with Crippen molar-refractivity contribution in [3.63, 3.8) is 0 Å². The zero-order valence-corrected chi connectivity index (χ0v) is 37.4. The Balaban J connectivity index is 0.955.